The van der Waals surface area contributed by atoms with Crippen LogP contribution < -0.4 is 9.47 Å². The predicted octanol–water partition coefficient (Wildman–Crippen LogP) is 2.34. The van der Waals surface area contributed by atoms with E-state index in [0.29, 0.717) is 50.8 Å². The van der Waals surface area contributed by atoms with Crippen molar-refractivity contribution in [1.29, 1.82) is 0 Å². The molecule has 32 heavy (non-hydrogen) atoms. The van der Waals surface area contributed by atoms with Gasteiger partial charge in [0.2, 0.25) is 15.9 Å². The third-order valence-corrected chi connectivity index (χ3v) is 7.88. The number of hydrogen-bond acceptors (Lipinski definition) is 5. The van der Waals surface area contributed by atoms with Crippen LogP contribution in [0.15, 0.2) is 59.6 Å². The van der Waals surface area contributed by atoms with Gasteiger partial charge in [-0.3, -0.25) is 4.79 Å². The maximum atomic E-state index is 13.1. The molecule has 5 rings (SSSR count). The lowest BCUT2D eigenvalue weighted by molar-refractivity contribution is -0.132. The molecule has 2 aliphatic heterocycles. The molecule has 9 heteroatoms. The zero-order valence-corrected chi connectivity index (χ0v) is 18.5. The van der Waals surface area contributed by atoms with E-state index in [9.17, 15) is 13.2 Å². The van der Waals surface area contributed by atoms with Gasteiger partial charge in [0.25, 0.3) is 0 Å². The quantitative estimate of drug-likeness (QED) is 0.590. The Morgan fingerprint density at radius 2 is 1.66 bits per heavy atom. The Labute approximate surface area is 187 Å². The van der Waals surface area contributed by atoms with Crippen molar-refractivity contribution in [2.75, 3.05) is 39.4 Å². The van der Waals surface area contributed by atoms with Crippen LogP contribution in [-0.4, -0.2) is 67.5 Å². The van der Waals surface area contributed by atoms with E-state index in [1.165, 1.54) is 10.4 Å². The number of carbonyl (C=O) groups excluding carboxylic acids is 1. The van der Waals surface area contributed by atoms with Crippen LogP contribution in [0.1, 0.15) is 6.42 Å². The topological polar surface area (TPSA) is 81.1 Å². The maximum Gasteiger partial charge on any atom is 0.243 e. The largest absolute Gasteiger partial charge is 0.486 e. The van der Waals surface area contributed by atoms with E-state index in [1.54, 1.807) is 17.0 Å². The molecule has 0 radical (unpaired) electrons. The van der Waals surface area contributed by atoms with Gasteiger partial charge in [0.05, 0.1) is 4.90 Å². The smallest absolute Gasteiger partial charge is 0.243 e. The van der Waals surface area contributed by atoms with Crippen molar-refractivity contribution < 1.29 is 22.7 Å². The van der Waals surface area contributed by atoms with Crippen LogP contribution in [0.3, 0.4) is 0 Å². The number of ether oxygens (including phenoxy) is 2. The number of aromatic nitrogens is 1. The number of nitrogens with zero attached hydrogens (tertiary/aromatic N) is 3. The molecule has 3 aromatic rings. The van der Waals surface area contributed by atoms with Gasteiger partial charge in [-0.15, -0.1) is 0 Å². The summed E-state index contributed by atoms with van der Waals surface area (Å²) in [5.74, 6) is 1.05. The monoisotopic (exact) mass is 455 g/mol. The van der Waals surface area contributed by atoms with Gasteiger partial charge in [0, 0.05) is 56.9 Å². The van der Waals surface area contributed by atoms with E-state index < -0.39 is 10.0 Å². The number of sulfonamides is 1. The van der Waals surface area contributed by atoms with Gasteiger partial charge in [0.1, 0.15) is 13.2 Å². The lowest BCUT2D eigenvalue weighted by atomic mass is 10.2. The molecule has 2 aromatic carbocycles. The Hall–Kier alpha value is -3.04. The number of piperazine rings is 1. The third kappa shape index (κ3) is 3.93. The summed E-state index contributed by atoms with van der Waals surface area (Å²) < 4.78 is 40.7. The summed E-state index contributed by atoms with van der Waals surface area (Å²) in [6.45, 7) is 2.77. The molecule has 0 saturated carbocycles. The number of hydrogen-bond donors (Lipinski definition) is 0. The minimum absolute atomic E-state index is 0.0409. The van der Waals surface area contributed by atoms with Crippen LogP contribution in [0.4, 0.5) is 0 Å². The first kappa shape index (κ1) is 20.8. The van der Waals surface area contributed by atoms with Crippen molar-refractivity contribution in [3.63, 3.8) is 0 Å². The summed E-state index contributed by atoms with van der Waals surface area (Å²) in [6, 6.07) is 14.8. The van der Waals surface area contributed by atoms with Gasteiger partial charge in [-0.2, -0.15) is 4.31 Å². The SMILES string of the molecule is O=C(CCn1ccc2ccccc21)N1CCN(S(=O)(=O)c2ccc3c(c2)OCCO3)CC1. The van der Waals surface area contributed by atoms with Crippen molar-refractivity contribution in [3.05, 3.63) is 54.7 Å². The number of amides is 1. The lowest BCUT2D eigenvalue weighted by Gasteiger charge is -2.34. The molecule has 2 aliphatic rings. The second kappa shape index (κ2) is 8.48. The Bertz CT molecular complexity index is 1250. The summed E-state index contributed by atoms with van der Waals surface area (Å²) in [6.07, 6.45) is 2.38. The van der Waals surface area contributed by atoms with E-state index in [4.69, 9.17) is 9.47 Å². The fourth-order valence-electron chi connectivity index (χ4n) is 4.22. The zero-order valence-electron chi connectivity index (χ0n) is 17.6. The maximum absolute atomic E-state index is 13.1. The first-order valence-corrected chi connectivity index (χ1v) is 12.2. The number of rotatable bonds is 5. The van der Waals surface area contributed by atoms with Gasteiger partial charge in [-0.25, -0.2) is 8.42 Å². The van der Waals surface area contributed by atoms with Crippen molar-refractivity contribution in [2.24, 2.45) is 0 Å². The molecule has 0 atom stereocenters. The summed E-state index contributed by atoms with van der Waals surface area (Å²) >= 11 is 0. The molecule has 1 aromatic heterocycles. The normalized spacial score (nSPS) is 16.9. The van der Waals surface area contributed by atoms with Crippen molar-refractivity contribution in [1.82, 2.24) is 13.8 Å². The highest BCUT2D eigenvalue weighted by Crippen LogP contribution is 2.33. The first-order valence-electron chi connectivity index (χ1n) is 10.7. The fraction of sp³-hybridized carbons (Fsp3) is 0.348. The van der Waals surface area contributed by atoms with Gasteiger partial charge >= 0.3 is 0 Å². The molecule has 3 heterocycles. The number of aryl methyl sites for hydroxylation is 1. The van der Waals surface area contributed by atoms with Crippen LogP contribution in [-0.2, 0) is 21.4 Å². The molecular weight excluding hydrogens is 430 g/mol. The molecule has 0 aliphatic carbocycles. The molecule has 1 amide bonds. The summed E-state index contributed by atoms with van der Waals surface area (Å²) in [4.78, 5) is 14.7. The number of fused-ring (bicyclic) bond motifs is 2. The molecule has 1 saturated heterocycles. The van der Waals surface area contributed by atoms with E-state index >= 15 is 0 Å². The van der Waals surface area contributed by atoms with Crippen LogP contribution in [0.2, 0.25) is 0 Å². The van der Waals surface area contributed by atoms with Crippen LogP contribution >= 0.6 is 0 Å². The second-order valence-electron chi connectivity index (χ2n) is 7.91. The first-order chi connectivity index (χ1) is 15.5. The van der Waals surface area contributed by atoms with Crippen LogP contribution in [0.25, 0.3) is 10.9 Å². The van der Waals surface area contributed by atoms with Crippen LogP contribution in [0, 0.1) is 0 Å². The average molecular weight is 456 g/mol. The number of para-hydroxylation sites is 1. The molecule has 0 spiro atoms. The molecular formula is C23H25N3O5S. The Kier molecular flexibility index (Phi) is 5.52. The second-order valence-corrected chi connectivity index (χ2v) is 9.85. The van der Waals surface area contributed by atoms with Gasteiger partial charge < -0.3 is 18.9 Å². The van der Waals surface area contributed by atoms with Crippen molar-refractivity contribution >= 4 is 26.8 Å². The summed E-state index contributed by atoms with van der Waals surface area (Å²) in [5, 5.41) is 1.15. The van der Waals surface area contributed by atoms with Crippen molar-refractivity contribution in [2.45, 2.75) is 17.9 Å². The molecule has 0 N–H and O–H groups in total. The molecule has 1 fully saturated rings. The van der Waals surface area contributed by atoms with E-state index in [2.05, 4.69) is 10.6 Å². The minimum atomic E-state index is -3.66. The molecule has 0 bridgehead atoms. The highest BCUT2D eigenvalue weighted by atomic mass is 32.2. The Balaban J connectivity index is 1.19. The van der Waals surface area contributed by atoms with Crippen LogP contribution in [0.5, 0.6) is 11.5 Å². The zero-order chi connectivity index (χ0) is 22.1. The summed E-state index contributed by atoms with van der Waals surface area (Å²) in [5.41, 5.74) is 1.11. The van der Waals surface area contributed by atoms with Crippen molar-refractivity contribution in [3.8, 4) is 11.5 Å². The minimum Gasteiger partial charge on any atom is -0.486 e. The molecule has 168 valence electrons. The number of carbonyl (C=O) groups is 1. The van der Waals surface area contributed by atoms with E-state index in [-0.39, 0.29) is 23.9 Å². The highest BCUT2D eigenvalue weighted by molar-refractivity contribution is 7.89. The Morgan fingerprint density at radius 1 is 0.906 bits per heavy atom. The van der Waals surface area contributed by atoms with Gasteiger partial charge in [-0.1, -0.05) is 18.2 Å². The van der Waals surface area contributed by atoms with Gasteiger partial charge in [-0.05, 0) is 29.7 Å². The summed E-state index contributed by atoms with van der Waals surface area (Å²) in [7, 11) is -3.66. The van der Waals surface area contributed by atoms with Gasteiger partial charge in [0.15, 0.2) is 11.5 Å². The fourth-order valence-corrected chi connectivity index (χ4v) is 5.66. The Morgan fingerprint density at radius 3 is 2.47 bits per heavy atom. The third-order valence-electron chi connectivity index (χ3n) is 5.99. The molecule has 8 nitrogen and oxygen atoms in total. The highest BCUT2D eigenvalue weighted by Gasteiger charge is 2.31. The predicted molar refractivity (Wildman–Crippen MR) is 119 cm³/mol. The molecule has 0 unspecified atom stereocenters. The van der Waals surface area contributed by atoms with E-state index in [1.807, 2.05) is 30.5 Å². The number of benzene rings is 2. The van der Waals surface area contributed by atoms with E-state index in [0.717, 1.165) is 10.9 Å². The average Bonchev–Trinajstić information content (AvgIpc) is 3.25. The lowest BCUT2D eigenvalue weighted by Crippen LogP contribution is -2.50. The standard InChI is InChI=1S/C23H25N3O5S/c27-23(8-10-24-9-7-18-3-1-2-4-20(18)24)25-11-13-26(14-12-25)32(28,29)19-5-6-21-22(17-19)31-16-15-30-21/h1-7,9,17H,8,10-16H2.